The minimum atomic E-state index is -1.22. The summed E-state index contributed by atoms with van der Waals surface area (Å²) in [6.45, 7) is 20.0. The molecule has 0 radical (unpaired) electrons. The molecular weight excluding hydrogens is 544 g/mol. The Hall–Kier alpha value is -2.97. The lowest BCUT2D eigenvalue weighted by atomic mass is 9.65. The van der Waals surface area contributed by atoms with Crippen molar-refractivity contribution in [1.29, 1.82) is 0 Å². The fraction of sp³-hybridized carbons (Fsp3) is 0.629. The van der Waals surface area contributed by atoms with E-state index in [1.807, 2.05) is 56.0 Å². The Bertz CT molecular complexity index is 1220. The molecule has 236 valence electrons. The lowest BCUT2D eigenvalue weighted by Gasteiger charge is -2.46. The molecule has 2 amide bonds. The van der Waals surface area contributed by atoms with Crippen LogP contribution in [-0.4, -0.2) is 81.3 Å². The molecule has 1 spiro atoms. The van der Waals surface area contributed by atoms with E-state index in [-0.39, 0.29) is 37.0 Å². The zero-order valence-corrected chi connectivity index (χ0v) is 26.8. The van der Waals surface area contributed by atoms with Crippen molar-refractivity contribution in [3.8, 4) is 0 Å². The van der Waals surface area contributed by atoms with Crippen molar-refractivity contribution in [2.75, 3.05) is 19.8 Å². The van der Waals surface area contributed by atoms with Crippen molar-refractivity contribution in [2.45, 2.75) is 102 Å². The molecule has 2 unspecified atom stereocenters. The minimum Gasteiger partial charge on any atom is -0.461 e. The van der Waals surface area contributed by atoms with Gasteiger partial charge in [0.15, 0.2) is 0 Å². The number of ether oxygens (including phenoxy) is 2. The molecule has 43 heavy (non-hydrogen) atoms. The largest absolute Gasteiger partial charge is 0.461 e. The molecule has 4 rings (SSSR count). The number of amides is 2. The van der Waals surface area contributed by atoms with Crippen molar-refractivity contribution >= 4 is 17.8 Å². The molecule has 0 aromatic heterocycles. The highest BCUT2D eigenvalue weighted by atomic mass is 16.6. The van der Waals surface area contributed by atoms with Crippen LogP contribution in [-0.2, 0) is 30.3 Å². The number of aliphatic hydroxyl groups is 1. The van der Waals surface area contributed by atoms with E-state index < -0.39 is 46.6 Å². The van der Waals surface area contributed by atoms with Crippen molar-refractivity contribution in [1.82, 2.24) is 9.80 Å². The summed E-state index contributed by atoms with van der Waals surface area (Å²) in [5.74, 6) is -2.84. The van der Waals surface area contributed by atoms with E-state index in [0.717, 1.165) is 5.56 Å². The van der Waals surface area contributed by atoms with Crippen molar-refractivity contribution in [3.63, 3.8) is 0 Å². The Kier molecular flexibility index (Phi) is 9.34. The second-order valence-electron chi connectivity index (χ2n) is 14.3. The Morgan fingerprint density at radius 2 is 1.84 bits per heavy atom. The highest BCUT2D eigenvalue weighted by Gasteiger charge is 2.79. The number of esters is 1. The molecule has 6 atom stereocenters. The number of fused-ring (bicyclic) bond motifs is 1. The van der Waals surface area contributed by atoms with Crippen LogP contribution in [0.1, 0.15) is 72.8 Å². The first-order valence-corrected chi connectivity index (χ1v) is 15.6. The molecule has 8 heteroatoms. The maximum absolute atomic E-state index is 15.1. The maximum atomic E-state index is 15.1. The van der Waals surface area contributed by atoms with Gasteiger partial charge >= 0.3 is 5.97 Å². The first-order chi connectivity index (χ1) is 20.2. The summed E-state index contributed by atoms with van der Waals surface area (Å²) in [5, 5.41) is 10.8. The zero-order chi connectivity index (χ0) is 31.8. The molecular formula is C35H50N2O6. The van der Waals surface area contributed by atoms with E-state index in [9.17, 15) is 14.7 Å². The summed E-state index contributed by atoms with van der Waals surface area (Å²) in [7, 11) is 0. The molecule has 1 aromatic rings. The van der Waals surface area contributed by atoms with E-state index in [0.29, 0.717) is 32.1 Å². The first-order valence-electron chi connectivity index (χ1n) is 15.6. The summed E-state index contributed by atoms with van der Waals surface area (Å²) in [4.78, 5) is 46.8. The van der Waals surface area contributed by atoms with Gasteiger partial charge in [0.05, 0.1) is 24.2 Å². The van der Waals surface area contributed by atoms with E-state index >= 15 is 4.79 Å². The van der Waals surface area contributed by atoms with E-state index in [1.165, 1.54) is 6.08 Å². The smallest absolute Gasteiger partial charge is 0.313 e. The maximum Gasteiger partial charge on any atom is 0.313 e. The predicted octanol–water partition coefficient (Wildman–Crippen LogP) is 4.70. The molecule has 3 fully saturated rings. The van der Waals surface area contributed by atoms with Crippen LogP contribution in [0, 0.1) is 17.3 Å². The third-order valence-electron chi connectivity index (χ3n) is 9.64. The lowest BCUT2D eigenvalue weighted by Crippen LogP contribution is -2.62. The quantitative estimate of drug-likeness (QED) is 0.263. The van der Waals surface area contributed by atoms with Crippen LogP contribution in [0.2, 0.25) is 0 Å². The topological polar surface area (TPSA) is 96.4 Å². The third kappa shape index (κ3) is 5.80. The molecule has 3 aliphatic heterocycles. The standard InChI is InChI=1S/C35H50N2O6/c1-9-19-36(33(7,8)23-32(4,5)6)30(40)28-35-18-17-34(11-3,43-35)27(31(41)42-20-10-2)26(35)29(39)37(28)25(22-38)21-24-15-13-12-14-16-24/h9-10,12-16,25-28,38H,1-2,11,17-23H2,3-8H3/t25-,26+,27+,28?,34-,35?/m1/s1. The van der Waals surface area contributed by atoms with Crippen LogP contribution in [0.5, 0.6) is 0 Å². The van der Waals surface area contributed by atoms with Gasteiger partial charge in [0.1, 0.15) is 24.2 Å². The van der Waals surface area contributed by atoms with Gasteiger partial charge in [-0.1, -0.05) is 76.8 Å². The van der Waals surface area contributed by atoms with Gasteiger partial charge in [-0.3, -0.25) is 14.4 Å². The summed E-state index contributed by atoms with van der Waals surface area (Å²) < 4.78 is 12.5. The number of rotatable bonds is 13. The first kappa shape index (κ1) is 32.9. The summed E-state index contributed by atoms with van der Waals surface area (Å²) >= 11 is 0. The molecule has 3 aliphatic rings. The van der Waals surface area contributed by atoms with Gasteiger partial charge in [-0.15, -0.1) is 6.58 Å². The Balaban J connectivity index is 1.87. The number of carbonyl (C=O) groups excluding carboxylic acids is 3. The summed E-state index contributed by atoms with van der Waals surface area (Å²) in [5.41, 5.74) is -1.85. The van der Waals surface area contributed by atoms with Crippen LogP contribution in [0.15, 0.2) is 55.6 Å². The van der Waals surface area contributed by atoms with Crippen molar-refractivity contribution < 1.29 is 29.0 Å². The van der Waals surface area contributed by atoms with E-state index in [1.54, 1.807) is 11.0 Å². The molecule has 3 saturated heterocycles. The monoisotopic (exact) mass is 594 g/mol. The average molecular weight is 595 g/mol. The predicted molar refractivity (Wildman–Crippen MR) is 166 cm³/mol. The van der Waals surface area contributed by atoms with Crippen molar-refractivity contribution in [3.05, 3.63) is 61.2 Å². The molecule has 0 saturated carbocycles. The zero-order valence-electron chi connectivity index (χ0n) is 26.8. The Labute approximate surface area is 257 Å². The van der Waals surface area contributed by atoms with E-state index in [4.69, 9.17) is 9.47 Å². The number of aliphatic hydroxyl groups excluding tert-OH is 1. The highest BCUT2D eigenvalue weighted by Crippen LogP contribution is 2.65. The van der Waals surface area contributed by atoms with Gasteiger partial charge in [0.25, 0.3) is 0 Å². The lowest BCUT2D eigenvalue weighted by molar-refractivity contribution is -0.164. The molecule has 2 bridgehead atoms. The van der Waals surface area contributed by atoms with Crippen LogP contribution in [0.4, 0.5) is 0 Å². The highest BCUT2D eigenvalue weighted by molar-refractivity contribution is 5.99. The SMILES string of the molecule is C=CCOC(=O)[C@@H]1[C@H]2C(=O)N([C@@H](CO)Cc3ccccc3)C(C(=O)N(CC=C)C(C)(C)CC(C)(C)C)C23CC[C@@]1(CC)O3. The Morgan fingerprint density at radius 3 is 2.40 bits per heavy atom. The molecule has 0 aliphatic carbocycles. The normalized spacial score (nSPS) is 28.9. The minimum absolute atomic E-state index is 0.0243. The number of hydrogen-bond donors (Lipinski definition) is 1. The second-order valence-corrected chi connectivity index (χ2v) is 14.3. The van der Waals surface area contributed by atoms with Gasteiger partial charge in [0, 0.05) is 12.1 Å². The number of benzene rings is 1. The van der Waals surface area contributed by atoms with Crippen LogP contribution >= 0.6 is 0 Å². The Morgan fingerprint density at radius 1 is 1.16 bits per heavy atom. The van der Waals surface area contributed by atoms with Crippen LogP contribution < -0.4 is 0 Å². The van der Waals surface area contributed by atoms with Crippen molar-refractivity contribution in [2.24, 2.45) is 17.3 Å². The van der Waals surface area contributed by atoms with Gasteiger partial charge in [0.2, 0.25) is 11.8 Å². The molecule has 1 N–H and O–H groups in total. The molecule has 3 heterocycles. The van der Waals surface area contributed by atoms with Crippen LogP contribution in [0.25, 0.3) is 0 Å². The fourth-order valence-corrected chi connectivity index (χ4v) is 8.36. The summed E-state index contributed by atoms with van der Waals surface area (Å²) in [6.07, 6.45) is 5.78. The average Bonchev–Trinajstić information content (AvgIpc) is 3.55. The van der Waals surface area contributed by atoms with Gasteiger partial charge in [-0.2, -0.15) is 0 Å². The number of likely N-dealkylation sites (tertiary alicyclic amines) is 1. The molecule has 1 aromatic carbocycles. The van der Waals surface area contributed by atoms with Gasteiger partial charge in [-0.25, -0.2) is 0 Å². The van der Waals surface area contributed by atoms with Crippen LogP contribution in [0.3, 0.4) is 0 Å². The van der Waals surface area contributed by atoms with E-state index in [2.05, 4.69) is 33.9 Å². The number of nitrogens with zero attached hydrogens (tertiary/aromatic N) is 2. The third-order valence-corrected chi connectivity index (χ3v) is 9.64. The number of carbonyl (C=O) groups is 3. The second kappa shape index (κ2) is 12.2. The van der Waals surface area contributed by atoms with Gasteiger partial charge < -0.3 is 24.4 Å². The number of hydrogen-bond acceptors (Lipinski definition) is 6. The summed E-state index contributed by atoms with van der Waals surface area (Å²) in [6, 6.07) is 7.91. The van der Waals surface area contributed by atoms with Gasteiger partial charge in [-0.05, 0) is 56.9 Å². The fourth-order valence-electron chi connectivity index (χ4n) is 8.36. The molecule has 8 nitrogen and oxygen atoms in total.